The van der Waals surface area contributed by atoms with E-state index in [4.69, 9.17) is 11.3 Å². The van der Waals surface area contributed by atoms with Gasteiger partial charge in [0.05, 0.1) is 5.60 Å². The minimum Gasteiger partial charge on any atom is -0.502 e. The second-order valence-electron chi connectivity index (χ2n) is 3.13. The molecule has 0 aliphatic carbocycles. The van der Waals surface area contributed by atoms with Crippen molar-refractivity contribution >= 4 is 6.09 Å². The van der Waals surface area contributed by atoms with E-state index in [-0.39, 0.29) is 21.1 Å². The standard InChI is InChI=1S/C9H13NO2.W/c1-5-6-7-10-8(11)12-9(2,3)4;/h1,5-6H,2-4H3,(H,10,11);/q-2;+2. The van der Waals surface area contributed by atoms with Crippen LogP contribution in [0.15, 0.2) is 12.2 Å². The van der Waals surface area contributed by atoms with Crippen LogP contribution in [0.3, 0.4) is 0 Å². The molecule has 3 nitrogen and oxygen atoms in total. The maximum Gasteiger partial charge on any atom is 2.00 e. The van der Waals surface area contributed by atoms with Crippen LogP contribution in [0.4, 0.5) is 4.79 Å². The van der Waals surface area contributed by atoms with Crippen molar-refractivity contribution in [3.05, 3.63) is 24.9 Å². The predicted molar refractivity (Wildman–Crippen MR) is 46.1 cm³/mol. The molecule has 4 heteroatoms. The Labute approximate surface area is 93.5 Å². The van der Waals surface area contributed by atoms with E-state index in [9.17, 15) is 4.79 Å². The minimum atomic E-state index is -0.541. The summed E-state index contributed by atoms with van der Waals surface area (Å²) < 4.78 is 4.90. The molecule has 1 N–H and O–H groups in total. The van der Waals surface area contributed by atoms with Gasteiger partial charge in [0.25, 0.3) is 0 Å². The zero-order chi connectivity index (χ0) is 9.61. The molecule has 0 aliphatic rings. The molecule has 0 aliphatic heterocycles. The molecule has 0 aromatic rings. The second-order valence-corrected chi connectivity index (χ2v) is 3.13. The normalized spacial score (nSPS) is 10.4. The first kappa shape index (κ1) is 14.9. The van der Waals surface area contributed by atoms with Gasteiger partial charge in [-0.05, 0) is 20.8 Å². The Morgan fingerprint density at radius 2 is 2.08 bits per heavy atom. The average molecular weight is 351 g/mol. The van der Waals surface area contributed by atoms with E-state index in [1.807, 2.05) is 0 Å². The van der Waals surface area contributed by atoms with Crippen molar-refractivity contribution in [1.82, 2.24) is 5.32 Å². The largest absolute Gasteiger partial charge is 2.00 e. The number of amides is 1. The Morgan fingerprint density at radius 3 is 2.46 bits per heavy atom. The summed E-state index contributed by atoms with van der Waals surface area (Å²) in [6.45, 7) is 10.4. The van der Waals surface area contributed by atoms with Crippen molar-refractivity contribution in [2.75, 3.05) is 0 Å². The maximum absolute atomic E-state index is 10.9. The zero-order valence-corrected chi connectivity index (χ0v) is 10.9. The number of carbonyl (C=O) groups is 1. The monoisotopic (exact) mass is 351 g/mol. The molecular formula is C9H13NO2W. The molecule has 0 atom stereocenters. The molecule has 1 amide bonds. The van der Waals surface area contributed by atoms with Crippen LogP contribution in [-0.4, -0.2) is 11.7 Å². The number of allylic oxidation sites excluding steroid dienone is 2. The van der Waals surface area contributed by atoms with Crippen molar-refractivity contribution < 1.29 is 30.6 Å². The third kappa shape index (κ3) is 11.4. The molecule has 0 spiro atoms. The summed E-state index contributed by atoms with van der Waals surface area (Å²) in [5.41, 5.74) is -0.488. The SMILES string of the molecule is [CH-]=CC=[C-]NC(=O)OC(C)(C)C.[W+2]. The molecule has 0 radical (unpaired) electrons. The second kappa shape index (κ2) is 6.90. The molecule has 0 rings (SSSR count). The van der Waals surface area contributed by atoms with Gasteiger partial charge < -0.3 is 33.6 Å². The molecule has 0 saturated carbocycles. The number of nitrogens with one attached hydrogen (secondary N) is 1. The quantitative estimate of drug-likeness (QED) is 0.468. The predicted octanol–water partition coefficient (Wildman–Crippen LogP) is 1.81. The summed E-state index contributed by atoms with van der Waals surface area (Å²) in [5, 5.41) is 2.26. The topological polar surface area (TPSA) is 38.3 Å². The van der Waals surface area contributed by atoms with Crippen molar-refractivity contribution in [3.8, 4) is 0 Å². The van der Waals surface area contributed by atoms with Gasteiger partial charge in [0.15, 0.2) is 0 Å². The summed E-state index contributed by atoms with van der Waals surface area (Å²) in [6.07, 6.45) is 4.53. The summed E-state index contributed by atoms with van der Waals surface area (Å²) in [4.78, 5) is 10.9. The van der Waals surface area contributed by atoms with Crippen LogP contribution >= 0.6 is 0 Å². The summed E-state index contributed by atoms with van der Waals surface area (Å²) in [6, 6.07) is 0. The van der Waals surface area contributed by atoms with E-state index >= 15 is 0 Å². The maximum atomic E-state index is 10.9. The van der Waals surface area contributed by atoms with Crippen LogP contribution in [0.5, 0.6) is 0 Å². The average Bonchev–Trinajstić information content (AvgIpc) is 1.84. The van der Waals surface area contributed by atoms with E-state index < -0.39 is 11.7 Å². The van der Waals surface area contributed by atoms with Gasteiger partial charge in [-0.2, -0.15) is 0 Å². The summed E-state index contributed by atoms with van der Waals surface area (Å²) in [5.74, 6) is 0. The van der Waals surface area contributed by atoms with Crippen LogP contribution in [0.25, 0.3) is 0 Å². The van der Waals surface area contributed by atoms with Gasteiger partial charge in [0, 0.05) is 0 Å². The fourth-order valence-electron chi connectivity index (χ4n) is 0.452. The molecule has 0 fully saturated rings. The fourth-order valence-corrected chi connectivity index (χ4v) is 0.452. The van der Waals surface area contributed by atoms with Crippen molar-refractivity contribution in [3.63, 3.8) is 0 Å². The number of hydrogen-bond acceptors (Lipinski definition) is 2. The number of carbonyl (C=O) groups excluding carboxylic acids is 1. The molecule has 72 valence electrons. The van der Waals surface area contributed by atoms with E-state index in [2.05, 4.69) is 11.5 Å². The first-order chi connectivity index (χ1) is 5.45. The Bertz CT molecular complexity index is 194. The molecule has 0 heterocycles. The first-order valence-electron chi connectivity index (χ1n) is 3.57. The van der Waals surface area contributed by atoms with Gasteiger partial charge in [-0.1, -0.05) is 0 Å². The third-order valence-corrected chi connectivity index (χ3v) is 0.753. The Hall–Kier alpha value is -0.562. The third-order valence-electron chi connectivity index (χ3n) is 0.753. The smallest absolute Gasteiger partial charge is 0.502 e. The van der Waals surface area contributed by atoms with Crippen molar-refractivity contribution in [1.29, 1.82) is 0 Å². The Morgan fingerprint density at radius 1 is 1.54 bits per heavy atom. The molecular weight excluding hydrogens is 338 g/mol. The molecule has 0 unspecified atom stereocenters. The molecule has 13 heavy (non-hydrogen) atoms. The van der Waals surface area contributed by atoms with Gasteiger partial charge in [0.1, 0.15) is 0 Å². The van der Waals surface area contributed by atoms with Crippen LogP contribution in [-0.2, 0) is 25.8 Å². The number of rotatable bonds is 2. The van der Waals surface area contributed by atoms with Crippen LogP contribution in [0, 0.1) is 12.8 Å². The van der Waals surface area contributed by atoms with Crippen molar-refractivity contribution in [2.24, 2.45) is 0 Å². The van der Waals surface area contributed by atoms with Gasteiger partial charge in [-0.3, -0.25) is 0 Å². The van der Waals surface area contributed by atoms with Crippen LogP contribution in [0.2, 0.25) is 0 Å². The van der Waals surface area contributed by atoms with Gasteiger partial charge in [-0.25, -0.2) is 6.20 Å². The minimum absolute atomic E-state index is 0. The van der Waals surface area contributed by atoms with Crippen LogP contribution < -0.4 is 5.32 Å². The fraction of sp³-hybridized carbons (Fsp3) is 0.444. The van der Waals surface area contributed by atoms with Crippen LogP contribution in [0.1, 0.15) is 20.8 Å². The zero-order valence-electron chi connectivity index (χ0n) is 7.96. The Balaban J connectivity index is 0. The number of alkyl carbamates (subject to hydrolysis) is 1. The number of hydrogen-bond donors (Lipinski definition) is 1. The molecule has 0 bridgehead atoms. The molecule has 0 aromatic heterocycles. The number of ether oxygens (including phenoxy) is 1. The summed E-state index contributed by atoms with van der Waals surface area (Å²) >= 11 is 0. The van der Waals surface area contributed by atoms with Crippen molar-refractivity contribution in [2.45, 2.75) is 26.4 Å². The summed E-state index contributed by atoms with van der Waals surface area (Å²) in [7, 11) is 0. The Kier molecular flexibility index (Phi) is 7.93. The molecule has 0 saturated heterocycles. The van der Waals surface area contributed by atoms with E-state index in [0.717, 1.165) is 0 Å². The van der Waals surface area contributed by atoms with Gasteiger partial charge >= 0.3 is 27.2 Å². The molecule has 0 aromatic carbocycles. The van der Waals surface area contributed by atoms with E-state index in [0.29, 0.717) is 0 Å². The van der Waals surface area contributed by atoms with Gasteiger partial charge in [0.2, 0.25) is 0 Å². The van der Waals surface area contributed by atoms with E-state index in [1.54, 1.807) is 20.8 Å². The van der Waals surface area contributed by atoms with Gasteiger partial charge in [-0.15, -0.1) is 0 Å². The first-order valence-corrected chi connectivity index (χ1v) is 3.57. The van der Waals surface area contributed by atoms with E-state index in [1.165, 1.54) is 12.2 Å².